The molecule has 1 atom stereocenters. The highest BCUT2D eigenvalue weighted by Crippen LogP contribution is 2.44. The molecule has 0 saturated heterocycles. The summed E-state index contributed by atoms with van der Waals surface area (Å²) in [6.45, 7) is 2.42. The maximum atomic E-state index is 14.8. The van der Waals surface area contributed by atoms with Crippen molar-refractivity contribution in [1.29, 1.82) is 0 Å². The van der Waals surface area contributed by atoms with E-state index in [4.69, 9.17) is 9.26 Å². The molecule has 0 saturated carbocycles. The third-order valence-corrected chi connectivity index (χ3v) is 7.79. The van der Waals surface area contributed by atoms with E-state index >= 15 is 0 Å². The van der Waals surface area contributed by atoms with Crippen molar-refractivity contribution in [3.8, 4) is 22.6 Å². The number of rotatable bonds is 13. The summed E-state index contributed by atoms with van der Waals surface area (Å²) >= 11 is 6.54. The number of nitrogens with one attached hydrogen (secondary N) is 2. The second kappa shape index (κ2) is 13.5. The van der Waals surface area contributed by atoms with Gasteiger partial charge in [0.25, 0.3) is 0 Å². The van der Waals surface area contributed by atoms with Crippen LogP contribution in [0.1, 0.15) is 18.6 Å². The lowest BCUT2D eigenvalue weighted by Gasteiger charge is -2.24. The van der Waals surface area contributed by atoms with Gasteiger partial charge in [-0.3, -0.25) is 19.2 Å². The van der Waals surface area contributed by atoms with Crippen LogP contribution in [0, 0.1) is 21.7 Å². The summed E-state index contributed by atoms with van der Waals surface area (Å²) in [5, 5.41) is 18.4. The highest BCUT2D eigenvalue weighted by atomic mass is 79.9. The third-order valence-electron chi connectivity index (χ3n) is 5.11. The third kappa shape index (κ3) is 8.13. The number of halogens is 4. The van der Waals surface area contributed by atoms with Crippen molar-refractivity contribution in [1.82, 2.24) is 10.2 Å². The van der Waals surface area contributed by atoms with Crippen molar-refractivity contribution in [2.24, 2.45) is 0 Å². The van der Waals surface area contributed by atoms with Crippen LogP contribution in [0.3, 0.4) is 0 Å². The van der Waals surface area contributed by atoms with E-state index in [1.165, 1.54) is 54.6 Å². The van der Waals surface area contributed by atoms with Crippen molar-refractivity contribution < 1.29 is 27.5 Å². The number of hydrogen-bond acceptors (Lipinski definition) is 5. The van der Waals surface area contributed by atoms with Gasteiger partial charge in [0, 0.05) is 41.4 Å². The molecule has 3 aromatic carbocycles. The van der Waals surface area contributed by atoms with Crippen LogP contribution in [0.2, 0.25) is 0 Å². The summed E-state index contributed by atoms with van der Waals surface area (Å²) < 4.78 is 52.7. The predicted molar refractivity (Wildman–Crippen MR) is 146 cm³/mol. The lowest BCUT2D eigenvalue weighted by Crippen LogP contribution is -2.27. The molecule has 198 valence electrons. The molecule has 0 aliphatic heterocycles. The van der Waals surface area contributed by atoms with Gasteiger partial charge in [-0.1, -0.05) is 44.0 Å². The van der Waals surface area contributed by atoms with Crippen LogP contribution in [0.4, 0.5) is 14.5 Å². The largest absolute Gasteiger partial charge is 0.450 e. The van der Waals surface area contributed by atoms with Gasteiger partial charge >= 0.3 is 13.4 Å². The zero-order chi connectivity index (χ0) is 27.0. The van der Waals surface area contributed by atoms with E-state index < -0.39 is 30.3 Å². The minimum Gasteiger partial charge on any atom is -0.450 e. The summed E-state index contributed by atoms with van der Waals surface area (Å²) in [6.07, 6.45) is -0.739. The van der Waals surface area contributed by atoms with E-state index in [0.29, 0.717) is 34.9 Å². The van der Waals surface area contributed by atoms with Gasteiger partial charge < -0.3 is 4.74 Å². The van der Waals surface area contributed by atoms with Crippen LogP contribution in [0.15, 0.2) is 60.7 Å². The van der Waals surface area contributed by atoms with Crippen LogP contribution in [0.5, 0.6) is 11.5 Å². The van der Waals surface area contributed by atoms with Gasteiger partial charge in [-0.25, -0.2) is 19.0 Å². The van der Waals surface area contributed by atoms with E-state index in [0.717, 1.165) is 6.07 Å². The number of benzene rings is 3. The summed E-state index contributed by atoms with van der Waals surface area (Å²) in [5.74, 6) is -1.19. The minimum absolute atomic E-state index is 0.0285. The quantitative estimate of drug-likeness (QED) is 0.0846. The molecule has 3 rings (SSSR count). The monoisotopic (exact) mass is 661 g/mol. The zero-order valence-electron chi connectivity index (χ0n) is 19.6. The summed E-state index contributed by atoms with van der Waals surface area (Å²) in [7, 11) is -3.44. The number of nitro groups is 1. The van der Waals surface area contributed by atoms with Crippen molar-refractivity contribution in [3.63, 3.8) is 0 Å². The molecular weight excluding hydrogens is 639 g/mol. The molecule has 2 N–H and O–H groups in total. The first-order chi connectivity index (χ1) is 17.7. The number of nitrogens with zero attached hydrogens (tertiary/aromatic N) is 1. The van der Waals surface area contributed by atoms with Gasteiger partial charge in [-0.05, 0) is 54.4 Å². The normalized spacial score (nSPS) is 12.4. The Labute approximate surface area is 229 Å². The van der Waals surface area contributed by atoms with Crippen molar-refractivity contribution in [2.45, 2.75) is 13.0 Å². The van der Waals surface area contributed by atoms with E-state index in [9.17, 15) is 23.5 Å². The Hall–Kier alpha value is -2.21. The molecule has 0 amide bonds. The Balaban J connectivity index is 1.87. The molecule has 0 radical (unpaired) electrons. The molecule has 0 aliphatic rings. The Morgan fingerprint density at radius 3 is 2.22 bits per heavy atom. The zero-order valence-corrected chi connectivity index (χ0v) is 23.7. The van der Waals surface area contributed by atoms with Gasteiger partial charge in [0.2, 0.25) is 5.75 Å². The lowest BCUT2D eigenvalue weighted by atomic mass is 10.0. The van der Waals surface area contributed by atoms with Crippen molar-refractivity contribution >= 4 is 45.2 Å². The molecule has 0 bridgehead atoms. The first-order valence-corrected chi connectivity index (χ1v) is 14.9. The van der Waals surface area contributed by atoms with Gasteiger partial charge in [0.05, 0.1) is 11.0 Å². The molecule has 0 heterocycles. The topological polar surface area (TPSA) is 103 Å². The number of alkyl halides is 2. The summed E-state index contributed by atoms with van der Waals surface area (Å²) in [6, 6.07) is 13.5. The van der Waals surface area contributed by atoms with Crippen LogP contribution in [-0.4, -0.2) is 28.7 Å². The number of hydrogen-bond donors (Lipinski definition) is 2. The highest BCUT2D eigenvalue weighted by molar-refractivity contribution is 9.09. The SMILES string of the molecule is CC(OP(=O)(NCCBr)NCCBr)c1ccc([N+](=O)[O-])c(Oc2ccc(-c3ccc(F)cc3)c(F)c2)c1. The standard InChI is InChI=1S/C24H24Br2F2N3O5P/c1-16(36-37(34,29-12-10-25)30-13-11-26)18-4-9-23(31(32)33)24(14-18)35-20-7-8-21(22(28)15-20)17-2-5-19(27)6-3-17/h2-9,14-16H,10-13H2,1H3,(H2,29,30,34). The van der Waals surface area contributed by atoms with E-state index in [1.54, 1.807) is 6.92 Å². The molecule has 8 nitrogen and oxygen atoms in total. The van der Waals surface area contributed by atoms with Crippen LogP contribution in [0.25, 0.3) is 11.1 Å². The number of ether oxygens (including phenoxy) is 1. The van der Waals surface area contributed by atoms with Gasteiger partial charge in [0.1, 0.15) is 17.4 Å². The second-order valence-corrected chi connectivity index (χ2v) is 11.3. The fraction of sp³-hybridized carbons (Fsp3) is 0.250. The fourth-order valence-electron chi connectivity index (χ4n) is 3.36. The Bertz CT molecular complexity index is 1270. The van der Waals surface area contributed by atoms with Crippen LogP contribution >= 0.6 is 39.5 Å². The molecule has 37 heavy (non-hydrogen) atoms. The van der Waals surface area contributed by atoms with Crippen LogP contribution < -0.4 is 14.9 Å². The van der Waals surface area contributed by atoms with E-state index in [2.05, 4.69) is 42.0 Å². The smallest absolute Gasteiger partial charge is 0.341 e. The average molecular weight is 663 g/mol. The van der Waals surface area contributed by atoms with Crippen molar-refractivity contribution in [2.75, 3.05) is 23.7 Å². The fourth-order valence-corrected chi connectivity index (χ4v) is 6.01. The first-order valence-electron chi connectivity index (χ1n) is 11.1. The summed E-state index contributed by atoms with van der Waals surface area (Å²) in [4.78, 5) is 11.0. The molecule has 13 heteroatoms. The van der Waals surface area contributed by atoms with Crippen LogP contribution in [-0.2, 0) is 9.09 Å². The van der Waals surface area contributed by atoms with Gasteiger partial charge in [0.15, 0.2) is 0 Å². The van der Waals surface area contributed by atoms with E-state index in [-0.39, 0.29) is 22.7 Å². The predicted octanol–water partition coefficient (Wildman–Crippen LogP) is 7.49. The maximum absolute atomic E-state index is 14.8. The Morgan fingerprint density at radius 2 is 1.65 bits per heavy atom. The molecule has 1 unspecified atom stereocenters. The number of nitro benzene ring substituents is 1. The average Bonchev–Trinajstić information content (AvgIpc) is 2.87. The highest BCUT2D eigenvalue weighted by Gasteiger charge is 2.27. The lowest BCUT2D eigenvalue weighted by molar-refractivity contribution is -0.385. The molecule has 0 aliphatic carbocycles. The summed E-state index contributed by atoms with van der Waals surface area (Å²) in [5.41, 5.74) is 0.818. The minimum atomic E-state index is -3.44. The molecular formula is C24H24Br2F2N3O5P. The van der Waals surface area contributed by atoms with Gasteiger partial charge in [-0.2, -0.15) is 0 Å². The molecule has 0 fully saturated rings. The maximum Gasteiger partial charge on any atom is 0.341 e. The van der Waals surface area contributed by atoms with Gasteiger partial charge in [-0.15, -0.1) is 0 Å². The van der Waals surface area contributed by atoms with E-state index in [1.807, 2.05) is 0 Å². The molecule has 0 aromatic heterocycles. The molecule has 0 spiro atoms. The van der Waals surface area contributed by atoms with Crippen molar-refractivity contribution in [3.05, 3.63) is 88.0 Å². The first kappa shape index (κ1) is 29.3. The Kier molecular flexibility index (Phi) is 10.7. The Morgan fingerprint density at radius 1 is 1.00 bits per heavy atom. The second-order valence-electron chi connectivity index (χ2n) is 7.73. The molecule has 3 aromatic rings.